The lowest BCUT2D eigenvalue weighted by Gasteiger charge is -2.27. The lowest BCUT2D eigenvalue weighted by molar-refractivity contribution is -0.133. The zero-order valence-electron chi connectivity index (χ0n) is 19.7. The van der Waals surface area contributed by atoms with Gasteiger partial charge in [0.25, 0.3) is 5.91 Å². The number of aryl methyl sites for hydroxylation is 1. The number of hydrogen-bond acceptors (Lipinski definition) is 3. The van der Waals surface area contributed by atoms with Gasteiger partial charge in [-0.2, -0.15) is 0 Å². The molecule has 0 radical (unpaired) electrons. The van der Waals surface area contributed by atoms with Crippen LogP contribution in [0.3, 0.4) is 0 Å². The highest BCUT2D eigenvalue weighted by molar-refractivity contribution is 5.96. The second-order valence-corrected chi connectivity index (χ2v) is 8.34. The summed E-state index contributed by atoms with van der Waals surface area (Å²) in [5.74, 6) is 0.511. The minimum Gasteiger partial charge on any atom is -0.467 e. The molecule has 0 aliphatic heterocycles. The number of nitrogens with zero attached hydrogens (tertiary/aromatic N) is 2. The summed E-state index contributed by atoms with van der Waals surface area (Å²) in [5.41, 5.74) is 2.89. The molecule has 5 heteroatoms. The van der Waals surface area contributed by atoms with Gasteiger partial charge >= 0.3 is 0 Å². The van der Waals surface area contributed by atoms with Crippen molar-refractivity contribution >= 4 is 11.8 Å². The smallest absolute Gasteiger partial charge is 0.254 e. The van der Waals surface area contributed by atoms with Crippen LogP contribution < -0.4 is 0 Å². The van der Waals surface area contributed by atoms with E-state index in [9.17, 15) is 9.59 Å². The first-order chi connectivity index (χ1) is 16.1. The van der Waals surface area contributed by atoms with Gasteiger partial charge in [0.15, 0.2) is 0 Å². The van der Waals surface area contributed by atoms with Crippen molar-refractivity contribution in [3.8, 4) is 0 Å². The van der Waals surface area contributed by atoms with E-state index in [0.29, 0.717) is 25.2 Å². The zero-order valence-corrected chi connectivity index (χ0v) is 19.7. The molecule has 0 bridgehead atoms. The Morgan fingerprint density at radius 2 is 1.55 bits per heavy atom. The fourth-order valence-electron chi connectivity index (χ4n) is 3.79. The number of unbranched alkanes of at least 4 members (excludes halogenated alkanes) is 1. The molecule has 2 aromatic carbocycles. The molecule has 0 N–H and O–H groups in total. The highest BCUT2D eigenvalue weighted by atomic mass is 16.3. The van der Waals surface area contributed by atoms with Crippen molar-refractivity contribution in [2.75, 3.05) is 13.1 Å². The van der Waals surface area contributed by atoms with Crippen LogP contribution in [0.25, 0.3) is 0 Å². The molecule has 0 aliphatic carbocycles. The Labute approximate surface area is 197 Å². The van der Waals surface area contributed by atoms with Crippen LogP contribution in [0.15, 0.2) is 77.4 Å². The molecule has 0 spiro atoms. The Morgan fingerprint density at radius 3 is 2.18 bits per heavy atom. The van der Waals surface area contributed by atoms with Gasteiger partial charge in [-0.3, -0.25) is 9.59 Å². The third-order valence-electron chi connectivity index (χ3n) is 5.62. The molecule has 0 unspecified atom stereocenters. The van der Waals surface area contributed by atoms with E-state index in [1.807, 2.05) is 73.7 Å². The van der Waals surface area contributed by atoms with Gasteiger partial charge in [0.2, 0.25) is 5.91 Å². The first-order valence-electron chi connectivity index (χ1n) is 11.8. The molecule has 2 amide bonds. The maximum absolute atomic E-state index is 13.4. The average molecular weight is 447 g/mol. The van der Waals surface area contributed by atoms with Crippen molar-refractivity contribution in [1.82, 2.24) is 9.80 Å². The number of furan rings is 1. The summed E-state index contributed by atoms with van der Waals surface area (Å²) in [7, 11) is 0. The fourth-order valence-corrected chi connectivity index (χ4v) is 3.79. The fraction of sp³-hybridized carbons (Fsp3) is 0.357. The molecule has 1 heterocycles. The highest BCUT2D eigenvalue weighted by Crippen LogP contribution is 2.14. The first-order valence-corrected chi connectivity index (χ1v) is 11.8. The van der Waals surface area contributed by atoms with E-state index in [0.717, 1.165) is 37.0 Å². The van der Waals surface area contributed by atoms with E-state index >= 15 is 0 Å². The minimum atomic E-state index is -0.107. The second-order valence-electron chi connectivity index (χ2n) is 8.34. The lowest BCUT2D eigenvalue weighted by atomic mass is 10.1. The molecular weight excluding hydrogens is 412 g/mol. The number of carbonyl (C=O) groups excluding carboxylic acids is 2. The van der Waals surface area contributed by atoms with Gasteiger partial charge in [0.1, 0.15) is 12.3 Å². The molecular formula is C28H34N2O3. The van der Waals surface area contributed by atoms with Crippen LogP contribution in [-0.2, 0) is 24.3 Å². The number of hydrogen-bond donors (Lipinski definition) is 0. The van der Waals surface area contributed by atoms with E-state index in [1.54, 1.807) is 16.1 Å². The molecule has 0 saturated carbocycles. The van der Waals surface area contributed by atoms with Crippen molar-refractivity contribution in [3.63, 3.8) is 0 Å². The van der Waals surface area contributed by atoms with Crippen molar-refractivity contribution in [2.45, 2.75) is 52.6 Å². The maximum Gasteiger partial charge on any atom is 0.254 e. The number of rotatable bonds is 12. The number of benzene rings is 2. The van der Waals surface area contributed by atoms with Crippen LogP contribution in [0.2, 0.25) is 0 Å². The summed E-state index contributed by atoms with van der Waals surface area (Å²) >= 11 is 0. The molecule has 0 aliphatic rings. The summed E-state index contributed by atoms with van der Waals surface area (Å²) in [5, 5.41) is 0. The van der Waals surface area contributed by atoms with Gasteiger partial charge in [0.05, 0.1) is 12.8 Å². The van der Waals surface area contributed by atoms with Crippen molar-refractivity contribution < 1.29 is 14.0 Å². The van der Waals surface area contributed by atoms with Crippen molar-refractivity contribution in [2.24, 2.45) is 0 Å². The minimum absolute atomic E-state index is 0.0395. The maximum atomic E-state index is 13.4. The summed E-state index contributed by atoms with van der Waals surface area (Å²) < 4.78 is 5.49. The van der Waals surface area contributed by atoms with Crippen molar-refractivity contribution in [1.29, 1.82) is 0 Å². The van der Waals surface area contributed by atoms with Crippen LogP contribution in [0.1, 0.15) is 60.4 Å². The summed E-state index contributed by atoms with van der Waals surface area (Å²) in [6.07, 6.45) is 5.69. The second kappa shape index (κ2) is 12.6. The number of amides is 2. The van der Waals surface area contributed by atoms with Crippen LogP contribution in [-0.4, -0.2) is 34.7 Å². The Kier molecular flexibility index (Phi) is 9.31. The monoisotopic (exact) mass is 446 g/mol. The average Bonchev–Trinajstić information content (AvgIpc) is 3.36. The molecule has 0 fully saturated rings. The zero-order chi connectivity index (χ0) is 23.5. The van der Waals surface area contributed by atoms with Gasteiger partial charge in [-0.15, -0.1) is 0 Å². The molecule has 3 aromatic rings. The Bertz CT molecular complexity index is 982. The molecule has 1 aromatic heterocycles. The van der Waals surface area contributed by atoms with Crippen LogP contribution in [0.5, 0.6) is 0 Å². The van der Waals surface area contributed by atoms with Gasteiger partial charge in [-0.1, -0.05) is 62.7 Å². The van der Waals surface area contributed by atoms with E-state index in [4.69, 9.17) is 4.42 Å². The third kappa shape index (κ3) is 7.35. The van der Waals surface area contributed by atoms with Gasteiger partial charge in [-0.05, 0) is 54.7 Å². The third-order valence-corrected chi connectivity index (χ3v) is 5.62. The Morgan fingerprint density at radius 1 is 0.788 bits per heavy atom. The largest absolute Gasteiger partial charge is 0.467 e. The predicted molar refractivity (Wildman–Crippen MR) is 131 cm³/mol. The normalized spacial score (nSPS) is 10.7. The van der Waals surface area contributed by atoms with E-state index < -0.39 is 0 Å². The molecule has 3 rings (SSSR count). The summed E-state index contributed by atoms with van der Waals surface area (Å²) in [4.78, 5) is 30.0. The quantitative estimate of drug-likeness (QED) is 0.358. The highest BCUT2D eigenvalue weighted by Gasteiger charge is 2.23. The summed E-state index contributed by atoms with van der Waals surface area (Å²) in [6.45, 7) is 5.58. The Balaban J connectivity index is 1.73. The van der Waals surface area contributed by atoms with E-state index in [2.05, 4.69) is 6.92 Å². The van der Waals surface area contributed by atoms with Crippen LogP contribution >= 0.6 is 0 Å². The Hall–Kier alpha value is -3.34. The van der Waals surface area contributed by atoms with Crippen molar-refractivity contribution in [3.05, 3.63) is 95.4 Å². The van der Waals surface area contributed by atoms with E-state index in [1.165, 1.54) is 5.56 Å². The standard InChI is InChI=1S/C28H34N2O3/c1-3-5-10-23-14-16-25(17-15-23)28(32)29(18-4-2)22-27(31)30(21-26-13-9-19-33-26)20-24-11-7-6-8-12-24/h6-9,11-17,19H,3-5,10,18,20-22H2,1-2H3. The van der Waals surface area contributed by atoms with Crippen LogP contribution in [0, 0.1) is 0 Å². The van der Waals surface area contributed by atoms with Gasteiger partial charge < -0.3 is 14.2 Å². The van der Waals surface area contributed by atoms with Gasteiger partial charge in [0, 0.05) is 18.7 Å². The predicted octanol–water partition coefficient (Wildman–Crippen LogP) is 5.70. The number of carbonyl (C=O) groups is 2. The molecule has 0 saturated heterocycles. The topological polar surface area (TPSA) is 53.8 Å². The first kappa shape index (κ1) is 24.3. The van der Waals surface area contributed by atoms with Crippen LogP contribution in [0.4, 0.5) is 0 Å². The lowest BCUT2D eigenvalue weighted by Crippen LogP contribution is -2.42. The van der Waals surface area contributed by atoms with Gasteiger partial charge in [-0.25, -0.2) is 0 Å². The molecule has 0 atom stereocenters. The molecule has 33 heavy (non-hydrogen) atoms. The summed E-state index contributed by atoms with van der Waals surface area (Å²) in [6, 6.07) is 21.4. The molecule has 5 nitrogen and oxygen atoms in total. The van der Waals surface area contributed by atoms with E-state index in [-0.39, 0.29) is 18.4 Å². The molecule has 174 valence electrons. The SMILES string of the molecule is CCCCc1ccc(C(=O)N(CCC)CC(=O)N(Cc2ccccc2)Cc2ccco2)cc1.